The van der Waals surface area contributed by atoms with Crippen molar-refractivity contribution >= 4 is 11.8 Å². The lowest BCUT2D eigenvalue weighted by Gasteiger charge is -2.01. The molecule has 3 heteroatoms. The Kier molecular flexibility index (Phi) is 1.06. The van der Waals surface area contributed by atoms with Crippen LogP contribution in [-0.2, 0) is 0 Å². The molecule has 1 radical (unpaired) electrons. The number of hydrogen-bond donors (Lipinski definition) is 2. The van der Waals surface area contributed by atoms with E-state index in [1.807, 2.05) is 0 Å². The monoisotopic (exact) mass is 148 g/mol. The zero-order valence-electron chi connectivity index (χ0n) is 5.65. The van der Waals surface area contributed by atoms with Crippen LogP contribution >= 0.6 is 0 Å². The minimum Gasteiger partial charge on any atom is -0.507 e. The van der Waals surface area contributed by atoms with Crippen LogP contribution in [0.3, 0.4) is 0 Å². The van der Waals surface area contributed by atoms with Gasteiger partial charge in [-0.05, 0) is 18.2 Å². The van der Waals surface area contributed by atoms with Gasteiger partial charge < -0.3 is 10.2 Å². The third-order valence-corrected chi connectivity index (χ3v) is 1.62. The molecule has 0 bridgehead atoms. The first-order valence-electron chi connectivity index (χ1n) is 3.21. The fourth-order valence-corrected chi connectivity index (χ4v) is 1.07. The van der Waals surface area contributed by atoms with Gasteiger partial charge in [0.05, 0.1) is 0 Å². The summed E-state index contributed by atoms with van der Waals surface area (Å²) in [6.45, 7) is 0. The van der Waals surface area contributed by atoms with Gasteiger partial charge in [0.2, 0.25) is 0 Å². The van der Waals surface area contributed by atoms with Crippen molar-refractivity contribution in [2.75, 3.05) is 0 Å². The predicted octanol–water partition coefficient (Wildman–Crippen LogP) is 1.32. The van der Waals surface area contributed by atoms with Gasteiger partial charge in [-0.3, -0.25) is 5.32 Å². The van der Waals surface area contributed by atoms with Gasteiger partial charge in [-0.25, -0.2) is 0 Å². The van der Waals surface area contributed by atoms with E-state index in [1.54, 1.807) is 12.3 Å². The number of rotatable bonds is 0. The molecule has 3 nitrogen and oxygen atoms in total. The Morgan fingerprint density at radius 3 is 2.55 bits per heavy atom. The summed E-state index contributed by atoms with van der Waals surface area (Å²) in [4.78, 5) is 0. The van der Waals surface area contributed by atoms with E-state index in [0.717, 1.165) is 0 Å². The lowest BCUT2D eigenvalue weighted by molar-refractivity contribution is 0.459. The summed E-state index contributed by atoms with van der Waals surface area (Å²) in [5, 5.41) is 22.3. The zero-order chi connectivity index (χ0) is 7.84. The first-order chi connectivity index (χ1) is 5.29. The number of aromatic hydroxyl groups is 2. The van der Waals surface area contributed by atoms with Crippen molar-refractivity contribution in [3.8, 4) is 11.5 Å². The van der Waals surface area contributed by atoms with Crippen LogP contribution in [0.4, 0.5) is 5.69 Å². The molecule has 1 heterocycles. The Bertz CT molecular complexity index is 331. The lowest BCUT2D eigenvalue weighted by Crippen LogP contribution is -1.82. The third-order valence-electron chi connectivity index (χ3n) is 1.62. The molecule has 0 saturated heterocycles. The number of hydrogen-bond acceptors (Lipinski definition) is 2. The van der Waals surface area contributed by atoms with Gasteiger partial charge in [-0.1, -0.05) is 0 Å². The minimum atomic E-state index is 0.0998. The standard InChI is InChI=1S/C8H6NO2/c10-6-1-2-7(11)8-5(6)3-4-9-8/h1-4,10-11H. The highest BCUT2D eigenvalue weighted by Crippen LogP contribution is 2.37. The molecule has 1 aromatic carbocycles. The number of benzene rings is 1. The van der Waals surface area contributed by atoms with Crippen LogP contribution in [0, 0.1) is 0 Å². The van der Waals surface area contributed by atoms with E-state index in [9.17, 15) is 10.2 Å². The van der Waals surface area contributed by atoms with Crippen LogP contribution in [0.1, 0.15) is 5.56 Å². The van der Waals surface area contributed by atoms with Crippen LogP contribution in [0.2, 0.25) is 0 Å². The highest BCUT2D eigenvalue weighted by Gasteiger charge is 2.14. The van der Waals surface area contributed by atoms with Gasteiger partial charge in [-0.2, -0.15) is 0 Å². The molecular formula is C8H6NO2. The van der Waals surface area contributed by atoms with Crippen molar-refractivity contribution in [2.45, 2.75) is 0 Å². The second-order valence-electron chi connectivity index (χ2n) is 2.31. The Balaban J connectivity index is 2.71. The maximum atomic E-state index is 9.23. The van der Waals surface area contributed by atoms with E-state index in [4.69, 9.17) is 0 Å². The molecule has 0 saturated carbocycles. The molecule has 0 unspecified atom stereocenters. The number of phenols is 2. The Morgan fingerprint density at radius 2 is 1.82 bits per heavy atom. The van der Waals surface area contributed by atoms with Gasteiger partial charge in [0, 0.05) is 11.8 Å². The number of nitrogens with zero attached hydrogens (tertiary/aromatic N) is 1. The topological polar surface area (TPSA) is 54.6 Å². The predicted molar refractivity (Wildman–Crippen MR) is 40.6 cm³/mol. The summed E-state index contributed by atoms with van der Waals surface area (Å²) in [5.74, 6) is 0.248. The maximum Gasteiger partial charge on any atom is 0.142 e. The molecule has 0 atom stereocenters. The van der Waals surface area contributed by atoms with E-state index in [2.05, 4.69) is 5.32 Å². The summed E-state index contributed by atoms with van der Waals surface area (Å²) in [6, 6.07) is 2.87. The highest BCUT2D eigenvalue weighted by molar-refractivity contribution is 5.78. The minimum absolute atomic E-state index is 0.0998. The van der Waals surface area contributed by atoms with E-state index < -0.39 is 0 Å². The quantitative estimate of drug-likeness (QED) is 0.545. The zero-order valence-corrected chi connectivity index (χ0v) is 5.65. The van der Waals surface area contributed by atoms with Crippen molar-refractivity contribution < 1.29 is 10.2 Å². The molecule has 1 aliphatic heterocycles. The molecule has 2 rings (SSSR count). The Labute approximate surface area is 63.6 Å². The van der Waals surface area contributed by atoms with Crippen molar-refractivity contribution in [2.24, 2.45) is 0 Å². The number of phenolic OH excluding ortho intramolecular Hbond substituents is 2. The normalized spacial score (nSPS) is 12.7. The van der Waals surface area contributed by atoms with Crippen LogP contribution < -0.4 is 5.32 Å². The summed E-state index contributed by atoms with van der Waals surface area (Å²) in [6.07, 6.45) is 3.20. The van der Waals surface area contributed by atoms with Crippen LogP contribution in [0.25, 0.3) is 6.08 Å². The largest absolute Gasteiger partial charge is 0.507 e. The second kappa shape index (κ2) is 1.92. The molecule has 0 fully saturated rings. The molecule has 0 aromatic heterocycles. The van der Waals surface area contributed by atoms with Crippen molar-refractivity contribution in [1.82, 2.24) is 5.32 Å². The molecule has 11 heavy (non-hydrogen) atoms. The average molecular weight is 148 g/mol. The lowest BCUT2D eigenvalue weighted by atomic mass is 10.1. The second-order valence-corrected chi connectivity index (χ2v) is 2.31. The first-order valence-corrected chi connectivity index (χ1v) is 3.21. The Hall–Kier alpha value is -1.64. The fraction of sp³-hybridized carbons (Fsp3) is 0. The SMILES string of the molecule is Oc1ccc(O)c2c1C=C[N]2. The van der Waals surface area contributed by atoms with Gasteiger partial charge in [0.15, 0.2) is 0 Å². The molecule has 1 aromatic rings. The van der Waals surface area contributed by atoms with Crippen LogP contribution in [0.15, 0.2) is 18.3 Å². The summed E-state index contributed by atoms with van der Waals surface area (Å²) in [7, 11) is 0. The molecule has 0 amide bonds. The number of fused-ring (bicyclic) bond motifs is 1. The maximum absolute atomic E-state index is 9.23. The molecular weight excluding hydrogens is 142 g/mol. The average Bonchev–Trinajstić information content (AvgIpc) is 2.45. The molecule has 1 aliphatic rings. The van der Waals surface area contributed by atoms with E-state index in [-0.39, 0.29) is 11.5 Å². The summed E-state index contributed by atoms with van der Waals surface area (Å²) >= 11 is 0. The smallest absolute Gasteiger partial charge is 0.142 e. The molecule has 0 aliphatic carbocycles. The van der Waals surface area contributed by atoms with Crippen LogP contribution in [0.5, 0.6) is 11.5 Å². The fourth-order valence-electron chi connectivity index (χ4n) is 1.07. The van der Waals surface area contributed by atoms with E-state index in [0.29, 0.717) is 11.3 Å². The van der Waals surface area contributed by atoms with Gasteiger partial charge in [0.25, 0.3) is 0 Å². The summed E-state index contributed by atoms with van der Waals surface area (Å²) in [5.41, 5.74) is 1.04. The van der Waals surface area contributed by atoms with Gasteiger partial charge in [0.1, 0.15) is 17.2 Å². The molecule has 2 N–H and O–H groups in total. The molecule has 0 spiro atoms. The highest BCUT2D eigenvalue weighted by atomic mass is 16.3. The molecule has 55 valence electrons. The van der Waals surface area contributed by atoms with E-state index >= 15 is 0 Å². The van der Waals surface area contributed by atoms with Crippen molar-refractivity contribution in [3.05, 3.63) is 23.9 Å². The van der Waals surface area contributed by atoms with E-state index in [1.165, 1.54) is 12.1 Å². The van der Waals surface area contributed by atoms with Gasteiger partial charge in [-0.15, -0.1) is 0 Å². The Morgan fingerprint density at radius 1 is 1.09 bits per heavy atom. The summed E-state index contributed by atoms with van der Waals surface area (Å²) < 4.78 is 0. The van der Waals surface area contributed by atoms with Crippen molar-refractivity contribution in [3.63, 3.8) is 0 Å². The third kappa shape index (κ3) is 0.741. The van der Waals surface area contributed by atoms with Crippen LogP contribution in [-0.4, -0.2) is 10.2 Å². The first kappa shape index (κ1) is 6.09. The van der Waals surface area contributed by atoms with Crippen molar-refractivity contribution in [1.29, 1.82) is 0 Å². The van der Waals surface area contributed by atoms with Gasteiger partial charge >= 0.3 is 0 Å².